The van der Waals surface area contributed by atoms with E-state index in [1.54, 1.807) is 22.9 Å². The van der Waals surface area contributed by atoms with E-state index in [2.05, 4.69) is 5.10 Å². The molecule has 2 heterocycles. The van der Waals surface area contributed by atoms with Gasteiger partial charge in [0.25, 0.3) is 5.91 Å². The number of likely N-dealkylation sites (tertiary alicyclic amines) is 1. The molecule has 2 aromatic rings. The second kappa shape index (κ2) is 7.03. The lowest BCUT2D eigenvalue weighted by Gasteiger charge is -2.26. The Morgan fingerprint density at radius 3 is 2.62 bits per heavy atom. The van der Waals surface area contributed by atoms with Crippen LogP contribution in [-0.4, -0.2) is 40.8 Å². The number of rotatable bonds is 4. The molecule has 0 saturated carbocycles. The molecule has 3 rings (SSSR count). The van der Waals surface area contributed by atoms with Gasteiger partial charge in [0, 0.05) is 31.3 Å². The zero-order chi connectivity index (χ0) is 17.1. The Morgan fingerprint density at radius 1 is 1.25 bits per heavy atom. The van der Waals surface area contributed by atoms with Crippen molar-refractivity contribution in [2.24, 2.45) is 0 Å². The number of halogens is 1. The smallest absolute Gasteiger partial charge is 0.272 e. The molecule has 5 nitrogen and oxygen atoms in total. The Balaban J connectivity index is 1.94. The third kappa shape index (κ3) is 3.13. The lowest BCUT2D eigenvalue weighted by molar-refractivity contribution is 0.0712. The molecule has 0 bridgehead atoms. The Labute approximate surface area is 141 Å². The minimum absolute atomic E-state index is 0.0239. The molecular formula is C18H22FN3O2. The lowest BCUT2D eigenvalue weighted by Crippen LogP contribution is -2.36. The molecule has 0 radical (unpaired) electrons. The molecule has 0 atom stereocenters. The third-order valence-corrected chi connectivity index (χ3v) is 4.39. The molecule has 0 unspecified atom stereocenters. The van der Waals surface area contributed by atoms with Gasteiger partial charge in [0.1, 0.15) is 17.3 Å². The summed E-state index contributed by atoms with van der Waals surface area (Å²) >= 11 is 0. The molecule has 1 saturated heterocycles. The summed E-state index contributed by atoms with van der Waals surface area (Å²) in [7, 11) is 1.50. The van der Waals surface area contributed by atoms with Crippen molar-refractivity contribution in [2.75, 3.05) is 20.2 Å². The zero-order valence-corrected chi connectivity index (χ0v) is 14.1. The average Bonchev–Trinajstić information content (AvgIpc) is 3.05. The highest BCUT2D eigenvalue weighted by molar-refractivity contribution is 5.93. The van der Waals surface area contributed by atoms with Crippen LogP contribution in [0.3, 0.4) is 0 Å². The molecule has 24 heavy (non-hydrogen) atoms. The topological polar surface area (TPSA) is 47.4 Å². The van der Waals surface area contributed by atoms with Gasteiger partial charge in [-0.15, -0.1) is 0 Å². The first-order valence-electron chi connectivity index (χ1n) is 8.35. The molecular weight excluding hydrogens is 309 g/mol. The summed E-state index contributed by atoms with van der Waals surface area (Å²) in [5, 5.41) is 4.42. The highest BCUT2D eigenvalue weighted by Gasteiger charge is 2.23. The van der Waals surface area contributed by atoms with Crippen LogP contribution in [0.15, 0.2) is 24.3 Å². The molecule has 0 N–H and O–H groups in total. The van der Waals surface area contributed by atoms with E-state index in [4.69, 9.17) is 4.74 Å². The van der Waals surface area contributed by atoms with E-state index in [9.17, 15) is 9.18 Å². The first kappa shape index (κ1) is 16.5. The fourth-order valence-corrected chi connectivity index (χ4v) is 3.05. The maximum Gasteiger partial charge on any atom is 0.272 e. The van der Waals surface area contributed by atoms with Crippen LogP contribution in [0, 0.1) is 5.82 Å². The van der Waals surface area contributed by atoms with Gasteiger partial charge in [0.2, 0.25) is 0 Å². The number of hydrogen-bond donors (Lipinski definition) is 0. The largest absolute Gasteiger partial charge is 0.497 e. The number of carbonyl (C=O) groups is 1. The summed E-state index contributed by atoms with van der Waals surface area (Å²) in [6.45, 7) is 4.04. The molecule has 1 amide bonds. The van der Waals surface area contributed by atoms with Crippen molar-refractivity contribution < 1.29 is 13.9 Å². The van der Waals surface area contributed by atoms with Crippen LogP contribution in [0.25, 0.3) is 11.3 Å². The molecule has 0 spiro atoms. The van der Waals surface area contributed by atoms with E-state index >= 15 is 0 Å². The summed E-state index contributed by atoms with van der Waals surface area (Å²) in [5.41, 5.74) is 1.36. The van der Waals surface area contributed by atoms with Crippen LogP contribution < -0.4 is 4.74 Å². The van der Waals surface area contributed by atoms with Gasteiger partial charge in [-0.3, -0.25) is 9.48 Å². The van der Waals surface area contributed by atoms with Crippen LogP contribution in [0.4, 0.5) is 4.39 Å². The van der Waals surface area contributed by atoms with Gasteiger partial charge in [0.05, 0.1) is 12.8 Å². The highest BCUT2D eigenvalue weighted by Crippen LogP contribution is 2.26. The van der Waals surface area contributed by atoms with Gasteiger partial charge < -0.3 is 9.64 Å². The van der Waals surface area contributed by atoms with Crippen LogP contribution in [-0.2, 0) is 6.54 Å². The number of nitrogens with zero attached hydrogens (tertiary/aromatic N) is 3. The highest BCUT2D eigenvalue weighted by atomic mass is 19.1. The minimum atomic E-state index is -0.410. The van der Waals surface area contributed by atoms with Gasteiger partial charge in [-0.25, -0.2) is 4.39 Å². The number of benzene rings is 1. The Hall–Kier alpha value is -2.37. The van der Waals surface area contributed by atoms with Gasteiger partial charge >= 0.3 is 0 Å². The first-order chi connectivity index (χ1) is 11.6. The summed E-state index contributed by atoms with van der Waals surface area (Å²) in [6, 6.07) is 6.33. The molecule has 1 aliphatic rings. The van der Waals surface area contributed by atoms with Crippen molar-refractivity contribution in [3.05, 3.63) is 35.8 Å². The van der Waals surface area contributed by atoms with Crippen molar-refractivity contribution in [1.82, 2.24) is 14.7 Å². The van der Waals surface area contributed by atoms with Crippen LogP contribution in [0.5, 0.6) is 5.75 Å². The molecule has 1 aromatic carbocycles. The molecule has 0 aliphatic carbocycles. The number of hydrogen-bond acceptors (Lipinski definition) is 3. The number of aromatic nitrogens is 2. The number of carbonyl (C=O) groups excluding carboxylic acids is 1. The SMILES string of the molecule is CCn1nc(-c2ccc(OC)cc2F)cc1C(=O)N1CCCCC1. The minimum Gasteiger partial charge on any atom is -0.497 e. The predicted octanol–water partition coefficient (Wildman–Crippen LogP) is 3.34. The molecule has 1 aliphatic heterocycles. The summed E-state index contributed by atoms with van der Waals surface area (Å²) < 4.78 is 21.0. The van der Waals surface area contributed by atoms with Crippen molar-refractivity contribution in [1.29, 1.82) is 0 Å². The monoisotopic (exact) mass is 331 g/mol. The normalized spacial score (nSPS) is 14.7. The van der Waals surface area contributed by atoms with Crippen molar-refractivity contribution in [3.8, 4) is 17.0 Å². The molecule has 128 valence electrons. The van der Waals surface area contributed by atoms with Crippen molar-refractivity contribution >= 4 is 5.91 Å². The van der Waals surface area contributed by atoms with E-state index < -0.39 is 5.82 Å². The molecule has 1 aromatic heterocycles. The second-order valence-corrected chi connectivity index (χ2v) is 5.93. The molecule has 6 heteroatoms. The van der Waals surface area contributed by atoms with Crippen molar-refractivity contribution in [3.63, 3.8) is 0 Å². The average molecular weight is 331 g/mol. The third-order valence-electron chi connectivity index (χ3n) is 4.39. The van der Waals surface area contributed by atoms with E-state index in [1.807, 2.05) is 11.8 Å². The number of amides is 1. The van der Waals surface area contributed by atoms with Crippen molar-refractivity contribution in [2.45, 2.75) is 32.7 Å². The molecule has 1 fully saturated rings. The number of methoxy groups -OCH3 is 1. The van der Waals surface area contributed by atoms with Gasteiger partial charge in [-0.2, -0.15) is 5.10 Å². The van der Waals surface area contributed by atoms with Gasteiger partial charge in [-0.05, 0) is 44.4 Å². The maximum atomic E-state index is 14.3. The Morgan fingerprint density at radius 2 is 2.00 bits per heavy atom. The quantitative estimate of drug-likeness (QED) is 0.863. The van der Waals surface area contributed by atoms with Crippen LogP contribution >= 0.6 is 0 Å². The lowest BCUT2D eigenvalue weighted by atomic mass is 10.1. The van der Waals surface area contributed by atoms with E-state index in [-0.39, 0.29) is 5.91 Å². The maximum absolute atomic E-state index is 14.3. The second-order valence-electron chi connectivity index (χ2n) is 5.93. The predicted molar refractivity (Wildman–Crippen MR) is 89.6 cm³/mol. The Bertz CT molecular complexity index is 736. The number of piperidine rings is 1. The van der Waals surface area contributed by atoms with Gasteiger partial charge in [0.15, 0.2) is 0 Å². The zero-order valence-electron chi connectivity index (χ0n) is 14.1. The van der Waals surface area contributed by atoms with Crippen LogP contribution in [0.1, 0.15) is 36.7 Å². The summed E-state index contributed by atoms with van der Waals surface area (Å²) in [5.74, 6) is 0.0204. The summed E-state index contributed by atoms with van der Waals surface area (Å²) in [4.78, 5) is 14.6. The summed E-state index contributed by atoms with van der Waals surface area (Å²) in [6.07, 6.45) is 3.23. The number of aryl methyl sites for hydroxylation is 1. The fourth-order valence-electron chi connectivity index (χ4n) is 3.05. The fraction of sp³-hybridized carbons (Fsp3) is 0.444. The standard InChI is InChI=1S/C18H22FN3O2/c1-3-22-17(18(23)21-9-5-4-6-10-21)12-16(20-22)14-8-7-13(24-2)11-15(14)19/h7-8,11-12H,3-6,9-10H2,1-2H3. The number of ether oxygens (including phenoxy) is 1. The van der Waals surface area contributed by atoms with E-state index in [1.165, 1.54) is 19.6 Å². The first-order valence-corrected chi connectivity index (χ1v) is 8.35. The van der Waals surface area contributed by atoms with E-state index in [0.717, 1.165) is 25.9 Å². The Kier molecular flexibility index (Phi) is 4.83. The van der Waals surface area contributed by atoms with Gasteiger partial charge in [-0.1, -0.05) is 0 Å². The van der Waals surface area contributed by atoms with E-state index in [0.29, 0.717) is 29.2 Å². The van der Waals surface area contributed by atoms with Crippen LogP contribution in [0.2, 0.25) is 0 Å².